The van der Waals surface area contributed by atoms with E-state index in [9.17, 15) is 0 Å². The second kappa shape index (κ2) is 8.92. The highest BCUT2D eigenvalue weighted by Gasteiger charge is 2.00. The van der Waals surface area contributed by atoms with Crippen LogP contribution in [0.1, 0.15) is 25.8 Å². The molecule has 2 N–H and O–H groups in total. The molecule has 0 spiro atoms. The molecule has 0 radical (unpaired) electrons. The van der Waals surface area contributed by atoms with Gasteiger partial charge < -0.3 is 10.6 Å². The Morgan fingerprint density at radius 3 is 2.61 bits per heavy atom. The summed E-state index contributed by atoms with van der Waals surface area (Å²) in [5.41, 5.74) is 1.15. The van der Waals surface area contributed by atoms with E-state index in [-0.39, 0.29) is 0 Å². The van der Waals surface area contributed by atoms with E-state index in [0.29, 0.717) is 0 Å². The Hall–Kier alpha value is -0.0900. The first-order valence-corrected chi connectivity index (χ1v) is 7.62. The second-order valence-corrected chi connectivity index (χ2v) is 6.19. The molecule has 0 aliphatic carbocycles. The Balaban J connectivity index is 2.11. The normalized spacial score (nSPS) is 11.2. The van der Waals surface area contributed by atoms with Crippen molar-refractivity contribution in [3.63, 3.8) is 0 Å². The third kappa shape index (κ3) is 6.74. The van der Waals surface area contributed by atoms with Gasteiger partial charge in [0, 0.05) is 16.0 Å². The fraction of sp³-hybridized carbons (Fsp3) is 0.571. The fourth-order valence-electron chi connectivity index (χ4n) is 1.62. The van der Waals surface area contributed by atoms with E-state index in [0.717, 1.165) is 53.6 Å². The zero-order valence-electron chi connectivity index (χ0n) is 11.1. The van der Waals surface area contributed by atoms with Gasteiger partial charge in [0.2, 0.25) is 0 Å². The first-order chi connectivity index (χ1) is 8.59. The molecule has 18 heavy (non-hydrogen) atoms. The number of benzene rings is 1. The molecule has 0 heterocycles. The van der Waals surface area contributed by atoms with Gasteiger partial charge >= 0.3 is 0 Å². The molecule has 4 heteroatoms. The van der Waals surface area contributed by atoms with E-state index >= 15 is 0 Å². The molecule has 0 amide bonds. The molecular formula is C14H22BrClN2. The van der Waals surface area contributed by atoms with Crippen molar-refractivity contribution in [1.29, 1.82) is 0 Å². The SMILES string of the molecule is CC(C)CNCCCNCc1ccc(Br)cc1Cl. The third-order valence-electron chi connectivity index (χ3n) is 2.59. The van der Waals surface area contributed by atoms with Crippen LogP contribution in [0.3, 0.4) is 0 Å². The van der Waals surface area contributed by atoms with E-state index in [1.54, 1.807) is 0 Å². The lowest BCUT2D eigenvalue weighted by Crippen LogP contribution is -2.24. The largest absolute Gasteiger partial charge is 0.316 e. The summed E-state index contributed by atoms with van der Waals surface area (Å²) in [6.07, 6.45) is 1.14. The molecule has 0 fully saturated rings. The Labute approximate surface area is 124 Å². The molecule has 1 aromatic carbocycles. The topological polar surface area (TPSA) is 24.1 Å². The standard InChI is InChI=1S/C14H22BrClN2/c1-11(2)9-17-6-3-7-18-10-12-4-5-13(15)8-14(12)16/h4-5,8,11,17-18H,3,6-7,9-10H2,1-2H3. The van der Waals surface area contributed by atoms with Crippen molar-refractivity contribution in [3.05, 3.63) is 33.3 Å². The summed E-state index contributed by atoms with van der Waals surface area (Å²) in [6.45, 7) is 8.45. The van der Waals surface area contributed by atoms with E-state index in [1.807, 2.05) is 12.1 Å². The monoisotopic (exact) mass is 332 g/mol. The van der Waals surface area contributed by atoms with Crippen molar-refractivity contribution in [2.75, 3.05) is 19.6 Å². The predicted molar refractivity (Wildman–Crippen MR) is 83.2 cm³/mol. The maximum absolute atomic E-state index is 6.14. The lowest BCUT2D eigenvalue weighted by Gasteiger charge is -2.09. The maximum atomic E-state index is 6.14. The summed E-state index contributed by atoms with van der Waals surface area (Å²) < 4.78 is 1.02. The average molecular weight is 334 g/mol. The van der Waals surface area contributed by atoms with Gasteiger partial charge in [-0.1, -0.05) is 47.4 Å². The lowest BCUT2D eigenvalue weighted by molar-refractivity contribution is 0.530. The maximum Gasteiger partial charge on any atom is 0.0462 e. The van der Waals surface area contributed by atoms with Crippen LogP contribution in [-0.2, 0) is 6.54 Å². The molecular weight excluding hydrogens is 312 g/mol. The number of nitrogens with one attached hydrogen (secondary N) is 2. The summed E-state index contributed by atoms with van der Waals surface area (Å²) in [7, 11) is 0. The molecule has 1 rings (SSSR count). The average Bonchev–Trinajstić information content (AvgIpc) is 2.30. The van der Waals surface area contributed by atoms with Crippen LogP contribution in [0.25, 0.3) is 0 Å². The Bertz CT molecular complexity index is 356. The van der Waals surface area contributed by atoms with Gasteiger partial charge in [-0.2, -0.15) is 0 Å². The Kier molecular flexibility index (Phi) is 7.91. The zero-order valence-corrected chi connectivity index (χ0v) is 13.4. The molecule has 0 saturated heterocycles. The molecule has 102 valence electrons. The van der Waals surface area contributed by atoms with E-state index in [1.165, 1.54) is 0 Å². The lowest BCUT2D eigenvalue weighted by atomic mass is 10.2. The smallest absolute Gasteiger partial charge is 0.0462 e. The number of hydrogen-bond donors (Lipinski definition) is 2. The quantitative estimate of drug-likeness (QED) is 0.707. The van der Waals surface area contributed by atoms with Crippen molar-refractivity contribution < 1.29 is 0 Å². The van der Waals surface area contributed by atoms with Crippen molar-refractivity contribution in [2.45, 2.75) is 26.8 Å². The van der Waals surface area contributed by atoms with Gasteiger partial charge in [0.15, 0.2) is 0 Å². The van der Waals surface area contributed by atoms with Crippen LogP contribution in [0.5, 0.6) is 0 Å². The first kappa shape index (κ1) is 16.0. The Morgan fingerprint density at radius 1 is 1.22 bits per heavy atom. The molecule has 0 aromatic heterocycles. The highest BCUT2D eigenvalue weighted by atomic mass is 79.9. The molecule has 0 aliphatic rings. The molecule has 0 aliphatic heterocycles. The minimum atomic E-state index is 0.722. The van der Waals surface area contributed by atoms with Crippen LogP contribution in [0.2, 0.25) is 5.02 Å². The Morgan fingerprint density at radius 2 is 1.94 bits per heavy atom. The number of halogens is 2. The van der Waals surface area contributed by atoms with Crippen LogP contribution in [0.4, 0.5) is 0 Å². The summed E-state index contributed by atoms with van der Waals surface area (Å²) in [5.74, 6) is 0.722. The molecule has 0 unspecified atom stereocenters. The molecule has 2 nitrogen and oxygen atoms in total. The molecule has 1 aromatic rings. The summed E-state index contributed by atoms with van der Waals surface area (Å²) in [4.78, 5) is 0. The van der Waals surface area contributed by atoms with Gasteiger partial charge in [-0.05, 0) is 49.7 Å². The van der Waals surface area contributed by atoms with Gasteiger partial charge in [0.05, 0.1) is 0 Å². The number of rotatable bonds is 8. The first-order valence-electron chi connectivity index (χ1n) is 6.45. The second-order valence-electron chi connectivity index (χ2n) is 4.86. The summed E-state index contributed by atoms with van der Waals surface area (Å²) >= 11 is 9.55. The van der Waals surface area contributed by atoms with Crippen LogP contribution in [0, 0.1) is 5.92 Å². The van der Waals surface area contributed by atoms with Crippen LogP contribution in [0.15, 0.2) is 22.7 Å². The highest BCUT2D eigenvalue weighted by Crippen LogP contribution is 2.20. The third-order valence-corrected chi connectivity index (χ3v) is 3.44. The predicted octanol–water partition coefficient (Wildman–Crippen LogP) is 3.83. The highest BCUT2D eigenvalue weighted by molar-refractivity contribution is 9.10. The minimum Gasteiger partial charge on any atom is -0.316 e. The summed E-state index contributed by atoms with van der Waals surface area (Å²) in [6, 6.07) is 6.01. The summed E-state index contributed by atoms with van der Waals surface area (Å²) in [5, 5.41) is 7.66. The van der Waals surface area contributed by atoms with Crippen molar-refractivity contribution in [1.82, 2.24) is 10.6 Å². The van der Waals surface area contributed by atoms with Gasteiger partial charge in [-0.15, -0.1) is 0 Å². The molecule has 0 bridgehead atoms. The minimum absolute atomic E-state index is 0.722. The number of hydrogen-bond acceptors (Lipinski definition) is 2. The molecule has 0 atom stereocenters. The van der Waals surface area contributed by atoms with Gasteiger partial charge in [-0.3, -0.25) is 0 Å². The van der Waals surface area contributed by atoms with Crippen LogP contribution in [-0.4, -0.2) is 19.6 Å². The fourth-order valence-corrected chi connectivity index (χ4v) is 2.36. The van der Waals surface area contributed by atoms with Crippen molar-refractivity contribution >= 4 is 27.5 Å². The van der Waals surface area contributed by atoms with Gasteiger partial charge in [0.1, 0.15) is 0 Å². The van der Waals surface area contributed by atoms with E-state index in [4.69, 9.17) is 11.6 Å². The van der Waals surface area contributed by atoms with Gasteiger partial charge in [-0.25, -0.2) is 0 Å². The van der Waals surface area contributed by atoms with Crippen LogP contribution >= 0.6 is 27.5 Å². The van der Waals surface area contributed by atoms with Crippen molar-refractivity contribution in [3.8, 4) is 0 Å². The van der Waals surface area contributed by atoms with Crippen LogP contribution < -0.4 is 10.6 Å². The van der Waals surface area contributed by atoms with E-state index in [2.05, 4.69) is 46.5 Å². The van der Waals surface area contributed by atoms with Crippen molar-refractivity contribution in [2.24, 2.45) is 5.92 Å². The zero-order chi connectivity index (χ0) is 13.4. The molecule has 0 saturated carbocycles. The van der Waals surface area contributed by atoms with Gasteiger partial charge in [0.25, 0.3) is 0 Å². The van der Waals surface area contributed by atoms with E-state index < -0.39 is 0 Å².